The summed E-state index contributed by atoms with van der Waals surface area (Å²) in [6.07, 6.45) is 0.602. The lowest BCUT2D eigenvalue weighted by molar-refractivity contribution is 0.563. The second kappa shape index (κ2) is 9.94. The molecular formula is C25H27BrNOPSi. The molecule has 0 aliphatic carbocycles. The predicted molar refractivity (Wildman–Crippen MR) is 136 cm³/mol. The van der Waals surface area contributed by atoms with Crippen molar-refractivity contribution in [3.05, 3.63) is 95.0 Å². The highest BCUT2D eigenvalue weighted by Crippen LogP contribution is 2.42. The highest BCUT2D eigenvalue weighted by atomic mass is 79.9. The Hall–Kier alpha value is -1.89. The fraction of sp³-hybridized carbons (Fsp3) is 0.200. The Balaban J connectivity index is 2.06. The second-order valence-electron chi connectivity index (χ2n) is 8.27. The largest absolute Gasteiger partial charge is 0.297 e. The van der Waals surface area contributed by atoms with Crippen LogP contribution >= 0.6 is 23.2 Å². The van der Waals surface area contributed by atoms with E-state index in [1.165, 1.54) is 0 Å². The fourth-order valence-electron chi connectivity index (χ4n) is 3.17. The molecule has 0 amide bonds. The normalized spacial score (nSPS) is 12.7. The van der Waals surface area contributed by atoms with Gasteiger partial charge in [0.1, 0.15) is 8.07 Å². The number of nitrogens with one attached hydrogen (secondary N) is 1. The molecule has 0 spiro atoms. The van der Waals surface area contributed by atoms with E-state index >= 15 is 0 Å². The smallest absolute Gasteiger partial charge is 0.205 e. The van der Waals surface area contributed by atoms with Crippen molar-refractivity contribution in [3.63, 3.8) is 0 Å². The summed E-state index contributed by atoms with van der Waals surface area (Å²) in [7, 11) is -4.55. The van der Waals surface area contributed by atoms with E-state index in [2.05, 4.69) is 64.3 Å². The molecule has 3 aromatic rings. The molecule has 3 aromatic carbocycles. The van der Waals surface area contributed by atoms with Gasteiger partial charge in [-0.05, 0) is 42.0 Å². The fourth-order valence-corrected chi connectivity index (χ4v) is 6.68. The molecule has 5 heteroatoms. The van der Waals surface area contributed by atoms with Crippen molar-refractivity contribution >= 4 is 41.9 Å². The van der Waals surface area contributed by atoms with Crippen molar-refractivity contribution in [1.29, 1.82) is 0 Å². The maximum Gasteiger partial charge on any atom is 0.205 e. The van der Waals surface area contributed by atoms with Crippen LogP contribution in [0.1, 0.15) is 18.0 Å². The minimum Gasteiger partial charge on any atom is -0.297 e. The number of hydrogen-bond donors (Lipinski definition) is 1. The van der Waals surface area contributed by atoms with Gasteiger partial charge in [-0.25, -0.2) is 0 Å². The van der Waals surface area contributed by atoms with E-state index in [0.717, 1.165) is 20.6 Å². The third-order valence-electron chi connectivity index (χ3n) is 4.60. The minimum absolute atomic E-state index is 0.155. The molecule has 0 aromatic heterocycles. The van der Waals surface area contributed by atoms with Crippen molar-refractivity contribution in [2.75, 3.05) is 0 Å². The summed E-state index contributed by atoms with van der Waals surface area (Å²) in [4.78, 5) is 0. The second-order valence-corrected chi connectivity index (χ2v) is 16.4. The third kappa shape index (κ3) is 6.06. The summed E-state index contributed by atoms with van der Waals surface area (Å²) in [5.74, 6) is 3.38. The number of benzene rings is 3. The lowest BCUT2D eigenvalue weighted by Gasteiger charge is -2.26. The number of rotatable bonds is 6. The summed E-state index contributed by atoms with van der Waals surface area (Å²) < 4.78 is 15.5. The molecule has 0 bridgehead atoms. The van der Waals surface area contributed by atoms with E-state index < -0.39 is 15.4 Å². The Kier molecular flexibility index (Phi) is 7.55. The van der Waals surface area contributed by atoms with Crippen molar-refractivity contribution in [2.45, 2.75) is 32.1 Å². The summed E-state index contributed by atoms with van der Waals surface area (Å²) in [5, 5.41) is 5.14. The number of hydrogen-bond acceptors (Lipinski definition) is 1. The standard InChI is InChI=1S/C25H27BrNOPSi/c1-30(2,3)19-11-18-25(21-12-10-13-22(26)20-21)27-29(28,23-14-6-4-7-15-23)24-16-8-5-9-17-24/h4-10,12-17,20,25H,18H2,1-3H3,(H,27,28)/t25-/m0/s1. The van der Waals surface area contributed by atoms with Gasteiger partial charge in [-0.1, -0.05) is 84.1 Å². The van der Waals surface area contributed by atoms with E-state index in [0.29, 0.717) is 6.42 Å². The first-order chi connectivity index (χ1) is 14.3. The molecule has 2 nitrogen and oxygen atoms in total. The first kappa shape index (κ1) is 22.8. The van der Waals surface area contributed by atoms with Crippen LogP contribution in [0.25, 0.3) is 0 Å². The molecule has 0 aliphatic heterocycles. The average molecular weight is 496 g/mol. The molecule has 0 radical (unpaired) electrons. The van der Waals surface area contributed by atoms with Gasteiger partial charge in [0.25, 0.3) is 0 Å². The molecule has 3 rings (SSSR count). The van der Waals surface area contributed by atoms with Gasteiger partial charge in [-0.2, -0.15) is 0 Å². The van der Waals surface area contributed by atoms with Gasteiger partial charge in [0.15, 0.2) is 0 Å². The molecular weight excluding hydrogens is 469 g/mol. The van der Waals surface area contributed by atoms with Crippen LogP contribution in [0.15, 0.2) is 89.4 Å². The molecule has 0 saturated carbocycles. The van der Waals surface area contributed by atoms with Gasteiger partial charge in [0, 0.05) is 27.5 Å². The molecule has 0 aliphatic rings. The predicted octanol–water partition coefficient (Wildman–Crippen LogP) is 6.28. The van der Waals surface area contributed by atoms with E-state index in [4.69, 9.17) is 0 Å². The quantitative estimate of drug-likeness (QED) is 0.247. The van der Waals surface area contributed by atoms with Crippen LogP contribution in [0.5, 0.6) is 0 Å². The summed E-state index contributed by atoms with van der Waals surface area (Å²) in [6.45, 7) is 6.71. The average Bonchev–Trinajstić information content (AvgIpc) is 2.73. The minimum atomic E-state index is -3.06. The molecule has 154 valence electrons. The van der Waals surface area contributed by atoms with Gasteiger partial charge >= 0.3 is 0 Å². The molecule has 0 saturated heterocycles. The van der Waals surface area contributed by atoms with Crippen LogP contribution in [0, 0.1) is 11.5 Å². The topological polar surface area (TPSA) is 29.1 Å². The maximum absolute atomic E-state index is 14.5. The van der Waals surface area contributed by atoms with Gasteiger partial charge in [-0.15, -0.1) is 11.5 Å². The number of halogens is 1. The summed E-state index contributed by atoms with van der Waals surface area (Å²) in [5.41, 5.74) is 4.52. The van der Waals surface area contributed by atoms with Crippen molar-refractivity contribution < 1.29 is 4.57 Å². The van der Waals surface area contributed by atoms with Crippen LogP contribution in [-0.4, -0.2) is 8.07 Å². The van der Waals surface area contributed by atoms with Crippen LogP contribution in [-0.2, 0) is 4.57 Å². The zero-order chi connectivity index (χ0) is 21.6. The Morgan fingerprint density at radius 1 is 0.900 bits per heavy atom. The van der Waals surface area contributed by atoms with Crippen molar-refractivity contribution in [2.24, 2.45) is 0 Å². The Morgan fingerprint density at radius 3 is 1.97 bits per heavy atom. The SMILES string of the molecule is C[Si](C)(C)C#CC[C@H](NP(=O)(c1ccccc1)c1ccccc1)c1cccc(Br)c1. The highest BCUT2D eigenvalue weighted by molar-refractivity contribution is 9.10. The van der Waals surface area contributed by atoms with Crippen molar-refractivity contribution in [3.8, 4) is 11.5 Å². The van der Waals surface area contributed by atoms with E-state index in [9.17, 15) is 4.57 Å². The molecule has 0 unspecified atom stereocenters. The van der Waals surface area contributed by atoms with Crippen LogP contribution in [0.4, 0.5) is 0 Å². The summed E-state index contributed by atoms with van der Waals surface area (Å²) in [6, 6.07) is 27.4. The highest BCUT2D eigenvalue weighted by Gasteiger charge is 2.30. The van der Waals surface area contributed by atoms with Crippen molar-refractivity contribution in [1.82, 2.24) is 5.09 Å². The lowest BCUT2D eigenvalue weighted by atomic mass is 10.1. The third-order valence-corrected chi connectivity index (χ3v) is 8.74. The van der Waals surface area contributed by atoms with E-state index in [1.807, 2.05) is 72.8 Å². The Bertz CT molecular complexity index is 1040. The molecule has 1 N–H and O–H groups in total. The lowest BCUT2D eigenvalue weighted by Crippen LogP contribution is -2.30. The first-order valence-electron chi connectivity index (χ1n) is 10.0. The zero-order valence-electron chi connectivity index (χ0n) is 17.6. The van der Waals surface area contributed by atoms with Gasteiger partial charge < -0.3 is 0 Å². The Labute approximate surface area is 189 Å². The molecule has 0 fully saturated rings. The van der Waals surface area contributed by atoms with Crippen LogP contribution < -0.4 is 15.7 Å². The first-order valence-corrected chi connectivity index (χ1v) is 16.0. The summed E-state index contributed by atoms with van der Waals surface area (Å²) >= 11 is 3.57. The van der Waals surface area contributed by atoms with Crippen LogP contribution in [0.2, 0.25) is 19.6 Å². The van der Waals surface area contributed by atoms with Gasteiger partial charge in [-0.3, -0.25) is 9.65 Å². The van der Waals surface area contributed by atoms with Crippen LogP contribution in [0.3, 0.4) is 0 Å². The maximum atomic E-state index is 14.5. The monoisotopic (exact) mass is 495 g/mol. The Morgan fingerprint density at radius 2 is 1.47 bits per heavy atom. The molecule has 30 heavy (non-hydrogen) atoms. The molecule has 0 heterocycles. The van der Waals surface area contributed by atoms with E-state index in [-0.39, 0.29) is 6.04 Å². The zero-order valence-corrected chi connectivity index (χ0v) is 21.1. The van der Waals surface area contributed by atoms with Gasteiger partial charge in [0.05, 0.1) is 0 Å². The molecule has 1 atom stereocenters. The van der Waals surface area contributed by atoms with Gasteiger partial charge in [0.2, 0.25) is 7.29 Å². The van der Waals surface area contributed by atoms with E-state index in [1.54, 1.807) is 0 Å².